The molecule has 20 heavy (non-hydrogen) atoms. The first-order valence-corrected chi connectivity index (χ1v) is 6.92. The fourth-order valence-electron chi connectivity index (χ4n) is 1.86. The van der Waals surface area contributed by atoms with Gasteiger partial charge in [0.25, 0.3) is 0 Å². The summed E-state index contributed by atoms with van der Waals surface area (Å²) in [6, 6.07) is 5.56. The van der Waals surface area contributed by atoms with Crippen LogP contribution in [0.15, 0.2) is 18.2 Å². The summed E-state index contributed by atoms with van der Waals surface area (Å²) in [4.78, 5) is 11.5. The number of hydrogen-bond donors (Lipinski definition) is 2. The quantitative estimate of drug-likeness (QED) is 0.790. The van der Waals surface area contributed by atoms with Gasteiger partial charge in [-0.2, -0.15) is 0 Å². The number of benzene rings is 1. The lowest BCUT2D eigenvalue weighted by Gasteiger charge is -2.25. The summed E-state index contributed by atoms with van der Waals surface area (Å²) in [6.07, 6.45) is 0.800. The molecule has 0 radical (unpaired) electrons. The third-order valence-electron chi connectivity index (χ3n) is 3.17. The molecule has 2 N–H and O–H groups in total. The molecular formula is C14H20Cl2N2O2. The van der Waals surface area contributed by atoms with Gasteiger partial charge in [0.1, 0.15) is 5.75 Å². The van der Waals surface area contributed by atoms with Crippen LogP contribution in [0.4, 0.5) is 0 Å². The maximum atomic E-state index is 11.5. The number of amides is 1. The number of aryl methyl sites for hydroxylation is 1. The van der Waals surface area contributed by atoms with E-state index in [0.717, 1.165) is 30.8 Å². The Hall–Kier alpha value is -0.970. The van der Waals surface area contributed by atoms with Crippen LogP contribution in [0.1, 0.15) is 12.0 Å². The standard InChI is InChI=1S/C14H19ClN2O2.ClH/c1-10-7-12(15)3-4-13(10)19-6-2-5-17-14(18)11-8-16-9-11;/h3-4,7,11,16H,2,5-6,8-9H2,1H3,(H,17,18);1H. The van der Waals surface area contributed by atoms with Crippen molar-refractivity contribution in [1.29, 1.82) is 0 Å². The van der Waals surface area contributed by atoms with E-state index in [0.29, 0.717) is 18.2 Å². The zero-order valence-electron chi connectivity index (χ0n) is 11.4. The van der Waals surface area contributed by atoms with Gasteiger partial charge in [-0.3, -0.25) is 4.79 Å². The summed E-state index contributed by atoms with van der Waals surface area (Å²) in [5.41, 5.74) is 1.03. The molecule has 1 aromatic rings. The Balaban J connectivity index is 0.00000200. The number of carbonyl (C=O) groups is 1. The Morgan fingerprint density at radius 1 is 1.50 bits per heavy atom. The van der Waals surface area contributed by atoms with Crippen molar-refractivity contribution in [3.05, 3.63) is 28.8 Å². The van der Waals surface area contributed by atoms with Crippen LogP contribution >= 0.6 is 24.0 Å². The van der Waals surface area contributed by atoms with Gasteiger partial charge in [0.15, 0.2) is 0 Å². The summed E-state index contributed by atoms with van der Waals surface area (Å²) in [5, 5.41) is 6.71. The van der Waals surface area contributed by atoms with E-state index in [4.69, 9.17) is 16.3 Å². The lowest BCUT2D eigenvalue weighted by atomic mass is 10.0. The van der Waals surface area contributed by atoms with E-state index in [9.17, 15) is 4.79 Å². The van der Waals surface area contributed by atoms with Gasteiger partial charge in [-0.15, -0.1) is 12.4 Å². The summed E-state index contributed by atoms with van der Waals surface area (Å²) >= 11 is 5.88. The average Bonchev–Trinajstić information content (AvgIpc) is 2.29. The van der Waals surface area contributed by atoms with Gasteiger partial charge in [0.05, 0.1) is 12.5 Å². The molecule has 1 aliphatic heterocycles. The van der Waals surface area contributed by atoms with Crippen LogP contribution in [-0.4, -0.2) is 32.1 Å². The maximum Gasteiger partial charge on any atom is 0.225 e. The highest BCUT2D eigenvalue weighted by molar-refractivity contribution is 6.30. The van der Waals surface area contributed by atoms with Gasteiger partial charge in [-0.05, 0) is 37.1 Å². The Morgan fingerprint density at radius 3 is 2.85 bits per heavy atom. The first-order valence-electron chi connectivity index (χ1n) is 6.54. The number of nitrogens with one attached hydrogen (secondary N) is 2. The molecule has 0 aromatic heterocycles. The highest BCUT2D eigenvalue weighted by atomic mass is 35.5. The Morgan fingerprint density at radius 2 is 2.25 bits per heavy atom. The van der Waals surface area contributed by atoms with E-state index in [1.54, 1.807) is 0 Å². The fourth-order valence-corrected chi connectivity index (χ4v) is 2.09. The summed E-state index contributed by atoms with van der Waals surface area (Å²) in [5.74, 6) is 1.14. The lowest BCUT2D eigenvalue weighted by molar-refractivity contribution is -0.126. The molecule has 1 aromatic carbocycles. The van der Waals surface area contributed by atoms with Crippen molar-refractivity contribution in [2.45, 2.75) is 13.3 Å². The SMILES string of the molecule is Cc1cc(Cl)ccc1OCCCNC(=O)C1CNC1.Cl. The van der Waals surface area contributed by atoms with E-state index in [2.05, 4.69) is 10.6 Å². The van der Waals surface area contributed by atoms with Gasteiger partial charge < -0.3 is 15.4 Å². The van der Waals surface area contributed by atoms with Crippen LogP contribution in [0.3, 0.4) is 0 Å². The van der Waals surface area contributed by atoms with Crippen LogP contribution in [-0.2, 0) is 4.79 Å². The molecule has 0 spiro atoms. The van der Waals surface area contributed by atoms with E-state index in [-0.39, 0.29) is 24.2 Å². The topological polar surface area (TPSA) is 50.4 Å². The van der Waals surface area contributed by atoms with Crippen molar-refractivity contribution >= 4 is 29.9 Å². The molecule has 0 aliphatic carbocycles. The van der Waals surface area contributed by atoms with Crippen LogP contribution in [0, 0.1) is 12.8 Å². The molecule has 2 rings (SSSR count). The van der Waals surface area contributed by atoms with Crippen molar-refractivity contribution < 1.29 is 9.53 Å². The van der Waals surface area contributed by atoms with Crippen molar-refractivity contribution in [2.75, 3.05) is 26.2 Å². The van der Waals surface area contributed by atoms with Gasteiger partial charge in [-0.25, -0.2) is 0 Å². The van der Waals surface area contributed by atoms with Gasteiger partial charge in [-0.1, -0.05) is 11.6 Å². The molecule has 1 aliphatic rings. The number of carbonyl (C=O) groups excluding carboxylic acids is 1. The Kier molecular flexibility index (Phi) is 7.13. The molecule has 4 nitrogen and oxygen atoms in total. The normalized spacial score (nSPS) is 14.1. The first kappa shape index (κ1) is 17.1. The number of hydrogen-bond acceptors (Lipinski definition) is 3. The van der Waals surface area contributed by atoms with E-state index >= 15 is 0 Å². The maximum absolute atomic E-state index is 11.5. The summed E-state index contributed by atoms with van der Waals surface area (Å²) in [7, 11) is 0. The number of rotatable bonds is 6. The van der Waals surface area contributed by atoms with E-state index in [1.807, 2.05) is 25.1 Å². The predicted molar refractivity (Wildman–Crippen MR) is 82.9 cm³/mol. The third kappa shape index (κ3) is 4.85. The minimum Gasteiger partial charge on any atom is -0.493 e. The molecule has 0 saturated carbocycles. The largest absolute Gasteiger partial charge is 0.493 e. The third-order valence-corrected chi connectivity index (χ3v) is 3.40. The molecule has 0 atom stereocenters. The molecule has 0 bridgehead atoms. The fraction of sp³-hybridized carbons (Fsp3) is 0.500. The van der Waals surface area contributed by atoms with Crippen LogP contribution in [0.2, 0.25) is 5.02 Å². The minimum atomic E-state index is 0. The van der Waals surface area contributed by atoms with Crippen molar-refractivity contribution in [2.24, 2.45) is 5.92 Å². The van der Waals surface area contributed by atoms with E-state index in [1.165, 1.54) is 0 Å². The highest BCUT2D eigenvalue weighted by Crippen LogP contribution is 2.21. The molecule has 6 heteroatoms. The van der Waals surface area contributed by atoms with Gasteiger partial charge in [0, 0.05) is 24.7 Å². The van der Waals surface area contributed by atoms with Crippen LogP contribution in [0.25, 0.3) is 0 Å². The Bertz CT molecular complexity index is 451. The average molecular weight is 319 g/mol. The molecular weight excluding hydrogens is 299 g/mol. The molecule has 0 unspecified atom stereocenters. The first-order chi connectivity index (χ1) is 9.16. The van der Waals surface area contributed by atoms with E-state index < -0.39 is 0 Å². The Labute approximate surface area is 130 Å². The van der Waals surface area contributed by atoms with Crippen molar-refractivity contribution in [1.82, 2.24) is 10.6 Å². The molecule has 112 valence electrons. The molecule has 1 fully saturated rings. The van der Waals surface area contributed by atoms with Gasteiger partial charge in [0.2, 0.25) is 5.91 Å². The molecule has 1 saturated heterocycles. The number of halogens is 2. The highest BCUT2D eigenvalue weighted by Gasteiger charge is 2.23. The smallest absolute Gasteiger partial charge is 0.225 e. The van der Waals surface area contributed by atoms with Crippen LogP contribution < -0.4 is 15.4 Å². The zero-order chi connectivity index (χ0) is 13.7. The van der Waals surface area contributed by atoms with Crippen molar-refractivity contribution in [3.63, 3.8) is 0 Å². The second kappa shape index (κ2) is 8.35. The second-order valence-electron chi connectivity index (χ2n) is 4.76. The zero-order valence-corrected chi connectivity index (χ0v) is 13.0. The summed E-state index contributed by atoms with van der Waals surface area (Å²) in [6.45, 7) is 4.80. The monoisotopic (exact) mass is 318 g/mol. The second-order valence-corrected chi connectivity index (χ2v) is 5.19. The van der Waals surface area contributed by atoms with Crippen LogP contribution in [0.5, 0.6) is 5.75 Å². The molecule has 1 heterocycles. The lowest BCUT2D eigenvalue weighted by Crippen LogP contribution is -2.50. The summed E-state index contributed by atoms with van der Waals surface area (Å²) < 4.78 is 5.65. The minimum absolute atomic E-state index is 0. The van der Waals surface area contributed by atoms with Gasteiger partial charge >= 0.3 is 0 Å². The molecule has 1 amide bonds. The number of ether oxygens (including phenoxy) is 1. The predicted octanol–water partition coefficient (Wildman–Crippen LogP) is 2.17. The van der Waals surface area contributed by atoms with Crippen molar-refractivity contribution in [3.8, 4) is 5.75 Å².